The Morgan fingerprint density at radius 3 is 3.00 bits per heavy atom. The summed E-state index contributed by atoms with van der Waals surface area (Å²) in [5.41, 5.74) is 0.416. The molecule has 0 aliphatic heterocycles. The molecule has 3 heteroatoms. The van der Waals surface area contributed by atoms with E-state index in [0.717, 1.165) is 4.47 Å². The second kappa shape index (κ2) is 3.05. The van der Waals surface area contributed by atoms with E-state index in [0.29, 0.717) is 5.56 Å². The third kappa shape index (κ3) is 1.80. The maximum atomic E-state index is 11.0. The molecule has 0 aromatic heterocycles. The van der Waals surface area contributed by atoms with Crippen LogP contribution in [0, 0.1) is 0 Å². The molecule has 0 atom stereocenters. The monoisotopic (exact) mass is 215 g/mol. The zero-order chi connectivity index (χ0) is 9.14. The molecule has 0 heterocycles. The van der Waals surface area contributed by atoms with Crippen molar-refractivity contribution in [3.05, 3.63) is 28.2 Å². The van der Waals surface area contributed by atoms with E-state index in [2.05, 4.69) is 21.0 Å². The van der Waals surface area contributed by atoms with Crippen molar-refractivity contribution in [1.29, 1.82) is 1.43 Å². The molecule has 0 aliphatic carbocycles. The molecule has 0 radical (unpaired) electrons. The van der Waals surface area contributed by atoms with Gasteiger partial charge in [0.25, 0.3) is 1.43 Å². The van der Waals surface area contributed by atoms with E-state index in [1.54, 1.807) is 18.2 Å². The third-order valence-corrected chi connectivity index (χ3v) is 1.81. The lowest BCUT2D eigenvalue weighted by Gasteiger charge is -1.99. The Balaban J connectivity index is 3.21. The molecule has 1 aromatic carbocycles. The number of rotatable bonds is 2. The van der Waals surface area contributed by atoms with Gasteiger partial charge in [0.15, 0.2) is 5.78 Å². The number of carbonyl (C=O) groups excluding carboxylic acids is 1. The smallest absolute Gasteiger partial charge is 0.293 e. The summed E-state index contributed by atoms with van der Waals surface area (Å²) in [5, 5.41) is 4.27. The normalized spacial score (nSPS) is 10.5. The highest BCUT2D eigenvalue weighted by atomic mass is 79.9. The number of hydrogen-bond donors (Lipinski definition) is 1. The Morgan fingerprint density at radius 2 is 2.45 bits per heavy atom. The van der Waals surface area contributed by atoms with Crippen LogP contribution in [0.25, 0.3) is 0 Å². The number of aromatic hydroxyl groups is 1. The second-order valence-electron chi connectivity index (χ2n) is 2.20. The lowest BCUT2D eigenvalue weighted by atomic mass is 10.1. The summed E-state index contributed by atoms with van der Waals surface area (Å²) in [7, 11) is 0. The topological polar surface area (TPSA) is 37.3 Å². The van der Waals surface area contributed by atoms with Crippen LogP contribution in [0.5, 0.6) is 5.75 Å². The van der Waals surface area contributed by atoms with Crippen LogP contribution in [0.3, 0.4) is 0 Å². The van der Waals surface area contributed by atoms with E-state index in [1.807, 2.05) is 0 Å². The Hall–Kier alpha value is -0.830. The first-order valence-electron chi connectivity index (χ1n) is 3.49. The number of phenols is 1. The van der Waals surface area contributed by atoms with Crippen molar-refractivity contribution in [2.24, 2.45) is 0 Å². The molecule has 0 saturated carbocycles. The van der Waals surface area contributed by atoms with Crippen molar-refractivity contribution in [3.8, 4) is 5.75 Å². The minimum Gasteiger partial charge on any atom is -0.507 e. The molecule has 0 aliphatic rings. The van der Waals surface area contributed by atoms with Crippen LogP contribution in [-0.2, 0) is 0 Å². The summed E-state index contributed by atoms with van der Waals surface area (Å²) in [5.74, 6) is 0.171. The Bertz CT molecular complexity index is 312. The van der Waals surface area contributed by atoms with E-state index >= 15 is 0 Å². The van der Waals surface area contributed by atoms with E-state index in [9.17, 15) is 4.79 Å². The van der Waals surface area contributed by atoms with Crippen LogP contribution < -0.4 is 0 Å². The number of hydrogen-bond acceptors (Lipinski definition) is 2. The van der Waals surface area contributed by atoms with Gasteiger partial charge in [-0.2, -0.15) is 0 Å². The van der Waals surface area contributed by atoms with E-state index < -0.39 is 0 Å². The number of carbonyl (C=O) groups is 1. The lowest BCUT2D eigenvalue weighted by Crippen LogP contribution is -1.91. The summed E-state index contributed by atoms with van der Waals surface area (Å²) in [6.45, 7) is 1.43. The maximum Gasteiger partial charge on any atom is 0.293 e. The SMILES string of the molecule is [2H]Oc1ccc(Br)cc1C(C)=O. The average molecular weight is 216 g/mol. The second-order valence-corrected chi connectivity index (χ2v) is 3.11. The van der Waals surface area contributed by atoms with Crippen LogP contribution >= 0.6 is 15.9 Å². The molecule has 0 saturated heterocycles. The zero-order valence-electron chi connectivity index (χ0n) is 6.93. The molecule has 0 unspecified atom stereocenters. The Kier molecular flexibility index (Phi) is 1.90. The van der Waals surface area contributed by atoms with Crippen molar-refractivity contribution < 1.29 is 9.90 Å². The number of benzene rings is 1. The number of phenolic OH excluding ortho intramolecular Hbond substituents is 1. The molecule has 1 aromatic rings. The minimum atomic E-state index is -0.112. The van der Waals surface area contributed by atoms with Gasteiger partial charge in [0, 0.05) is 4.47 Å². The fraction of sp³-hybridized carbons (Fsp3) is 0.125. The minimum absolute atomic E-state index is 0.112. The molecule has 0 bridgehead atoms. The number of Topliss-reactive ketones (excluding diaryl/α,β-unsaturated/α-hetero) is 1. The summed E-state index contributed by atoms with van der Waals surface area (Å²) in [6.07, 6.45) is 0. The van der Waals surface area contributed by atoms with Gasteiger partial charge in [0.05, 0.1) is 5.56 Å². The van der Waals surface area contributed by atoms with Crippen LogP contribution in [0.15, 0.2) is 22.7 Å². The molecule has 58 valence electrons. The first-order chi connectivity index (χ1) is 5.65. The zero-order valence-corrected chi connectivity index (χ0v) is 7.51. The van der Waals surface area contributed by atoms with E-state index in [1.165, 1.54) is 6.92 Å². The quantitative estimate of drug-likeness (QED) is 0.770. The predicted molar refractivity (Wildman–Crippen MR) is 45.8 cm³/mol. The van der Waals surface area contributed by atoms with Crippen molar-refractivity contribution in [1.82, 2.24) is 0 Å². The average Bonchev–Trinajstić information content (AvgIpc) is 2.04. The highest BCUT2D eigenvalue weighted by Gasteiger charge is 2.05. The largest absolute Gasteiger partial charge is 0.507 e. The summed E-state index contributed by atoms with van der Waals surface area (Å²) < 4.78 is 7.48. The predicted octanol–water partition coefficient (Wildman–Crippen LogP) is 2.36. The molecule has 11 heavy (non-hydrogen) atoms. The lowest BCUT2D eigenvalue weighted by molar-refractivity contribution is 0.101. The molecule has 0 spiro atoms. The summed E-state index contributed by atoms with van der Waals surface area (Å²) in [6, 6.07) is 4.93. The van der Waals surface area contributed by atoms with Crippen molar-refractivity contribution in [2.45, 2.75) is 6.92 Å². The van der Waals surface area contributed by atoms with E-state index in [-0.39, 0.29) is 11.5 Å². The van der Waals surface area contributed by atoms with Gasteiger partial charge in [-0.1, -0.05) is 15.9 Å². The van der Waals surface area contributed by atoms with Crippen LogP contribution in [0.2, 0.25) is 0 Å². The molecule has 0 amide bonds. The maximum absolute atomic E-state index is 11.0. The molecule has 0 fully saturated rings. The molecular formula is C8H7BrO2. The van der Waals surface area contributed by atoms with Gasteiger partial charge in [-0.3, -0.25) is 4.79 Å². The van der Waals surface area contributed by atoms with Crippen molar-refractivity contribution in [2.75, 3.05) is 0 Å². The first kappa shape index (κ1) is 6.85. The number of halogens is 1. The van der Waals surface area contributed by atoms with E-state index in [4.69, 9.17) is 1.43 Å². The fourth-order valence-electron chi connectivity index (χ4n) is 0.777. The Morgan fingerprint density at radius 1 is 1.73 bits per heavy atom. The van der Waals surface area contributed by atoms with Gasteiger partial charge in [-0.25, -0.2) is 0 Å². The van der Waals surface area contributed by atoms with Crippen molar-refractivity contribution >= 4 is 21.7 Å². The molecular weight excluding hydrogens is 208 g/mol. The molecule has 2 nitrogen and oxygen atoms in total. The molecule has 1 N–H and O–H groups in total. The first-order valence-corrected chi connectivity index (χ1v) is 3.88. The molecule has 1 rings (SSSR count). The fourth-order valence-corrected chi connectivity index (χ4v) is 1.14. The summed E-state index contributed by atoms with van der Waals surface area (Å²) >= 11 is 3.22. The third-order valence-electron chi connectivity index (χ3n) is 1.32. The van der Waals surface area contributed by atoms with Crippen molar-refractivity contribution in [3.63, 3.8) is 0 Å². The van der Waals surface area contributed by atoms with Crippen LogP contribution in [-0.4, -0.2) is 12.3 Å². The standard InChI is InChI=1S/C8H7BrO2/c1-5(10)7-4-6(9)2-3-8(7)11/h2-4,11H,1H3/i/hD. The highest BCUT2D eigenvalue weighted by molar-refractivity contribution is 9.10. The van der Waals surface area contributed by atoms with Crippen LogP contribution in [0.1, 0.15) is 17.3 Å². The summed E-state index contributed by atoms with van der Waals surface area (Å²) in [4.78, 5) is 11.0. The highest BCUT2D eigenvalue weighted by Crippen LogP contribution is 2.21. The van der Waals surface area contributed by atoms with Crippen LogP contribution in [0.4, 0.5) is 0 Å². The van der Waals surface area contributed by atoms with Gasteiger partial charge in [0.2, 0.25) is 0 Å². The van der Waals surface area contributed by atoms with Gasteiger partial charge in [0.1, 0.15) is 5.75 Å². The van der Waals surface area contributed by atoms with Gasteiger partial charge in [-0.15, -0.1) is 0 Å². The Labute approximate surface area is 74.5 Å². The van der Waals surface area contributed by atoms with Gasteiger partial charge < -0.3 is 5.11 Å². The van der Waals surface area contributed by atoms with Gasteiger partial charge >= 0.3 is 0 Å². The van der Waals surface area contributed by atoms with Gasteiger partial charge in [-0.05, 0) is 25.1 Å². The number of ketones is 1.